The van der Waals surface area contributed by atoms with Crippen LogP contribution in [0.3, 0.4) is 0 Å². The minimum absolute atomic E-state index is 0. The van der Waals surface area contributed by atoms with Crippen molar-refractivity contribution in [1.82, 2.24) is 5.32 Å². The lowest BCUT2D eigenvalue weighted by Crippen LogP contribution is -2.31. The Labute approximate surface area is 185 Å². The Hall–Kier alpha value is -3.35. The summed E-state index contributed by atoms with van der Waals surface area (Å²) < 4.78 is 15.1. The van der Waals surface area contributed by atoms with E-state index in [9.17, 15) is 14.4 Å². The molecule has 0 aromatic heterocycles. The van der Waals surface area contributed by atoms with E-state index in [0.29, 0.717) is 6.42 Å². The van der Waals surface area contributed by atoms with Crippen LogP contribution in [0.2, 0.25) is 0 Å². The van der Waals surface area contributed by atoms with Crippen molar-refractivity contribution in [3.8, 4) is 0 Å². The number of hydrogen-bond donors (Lipinski definition) is 1. The Bertz CT molecular complexity index is 771. The molecule has 0 heterocycles. The summed E-state index contributed by atoms with van der Waals surface area (Å²) >= 11 is 0. The third kappa shape index (κ3) is 13.5. The van der Waals surface area contributed by atoms with E-state index in [1.807, 2.05) is 60.7 Å². The first-order chi connectivity index (χ1) is 15.0. The maximum atomic E-state index is 11.6. The van der Waals surface area contributed by atoms with Crippen molar-refractivity contribution in [3.05, 3.63) is 71.8 Å². The number of esters is 2. The molecule has 0 spiro atoms. The van der Waals surface area contributed by atoms with Crippen LogP contribution in [-0.4, -0.2) is 31.2 Å². The SMILES string of the molecule is CCC.O=C(CCCOC(=O)CNC(=O)OCc1ccccc1)OCc1ccccc1.[HH]. The predicted molar refractivity (Wildman–Crippen MR) is 119 cm³/mol. The summed E-state index contributed by atoms with van der Waals surface area (Å²) in [5, 5.41) is 2.31. The maximum Gasteiger partial charge on any atom is 0.407 e. The summed E-state index contributed by atoms with van der Waals surface area (Å²) in [5.41, 5.74) is 1.76. The number of carbonyl (C=O) groups excluding carboxylic acids is 3. The second-order valence-electron chi connectivity index (χ2n) is 6.59. The van der Waals surface area contributed by atoms with Crippen LogP contribution >= 0.6 is 0 Å². The van der Waals surface area contributed by atoms with E-state index in [1.165, 1.54) is 6.42 Å². The zero-order chi connectivity index (χ0) is 22.7. The second-order valence-corrected chi connectivity index (χ2v) is 6.59. The quantitative estimate of drug-likeness (QED) is 0.335. The first-order valence-electron chi connectivity index (χ1n) is 10.3. The highest BCUT2D eigenvalue weighted by Crippen LogP contribution is 2.03. The van der Waals surface area contributed by atoms with Gasteiger partial charge < -0.3 is 19.5 Å². The van der Waals surface area contributed by atoms with Crippen LogP contribution < -0.4 is 5.32 Å². The van der Waals surface area contributed by atoms with Gasteiger partial charge in [0.1, 0.15) is 19.8 Å². The molecule has 0 atom stereocenters. The summed E-state index contributed by atoms with van der Waals surface area (Å²) in [6, 6.07) is 18.6. The van der Waals surface area contributed by atoms with Gasteiger partial charge in [0.25, 0.3) is 0 Å². The molecule has 2 aromatic carbocycles. The van der Waals surface area contributed by atoms with Crippen molar-refractivity contribution in [2.45, 2.75) is 46.3 Å². The summed E-state index contributed by atoms with van der Waals surface area (Å²) in [6.45, 7) is 4.35. The fourth-order valence-corrected chi connectivity index (χ4v) is 2.18. The van der Waals surface area contributed by atoms with E-state index in [4.69, 9.17) is 14.2 Å². The van der Waals surface area contributed by atoms with Crippen LogP contribution in [0.4, 0.5) is 4.79 Å². The van der Waals surface area contributed by atoms with E-state index >= 15 is 0 Å². The van der Waals surface area contributed by atoms with Gasteiger partial charge in [-0.25, -0.2) is 4.79 Å². The fourth-order valence-electron chi connectivity index (χ4n) is 2.18. The van der Waals surface area contributed by atoms with E-state index in [0.717, 1.165) is 11.1 Å². The highest BCUT2D eigenvalue weighted by Gasteiger charge is 2.09. The van der Waals surface area contributed by atoms with Gasteiger partial charge in [0, 0.05) is 7.85 Å². The Balaban J connectivity index is 0.00000227. The topological polar surface area (TPSA) is 90.9 Å². The molecule has 0 radical (unpaired) electrons. The van der Waals surface area contributed by atoms with Gasteiger partial charge in [-0.3, -0.25) is 9.59 Å². The van der Waals surface area contributed by atoms with Gasteiger partial charge in [0.15, 0.2) is 0 Å². The van der Waals surface area contributed by atoms with Crippen molar-refractivity contribution < 1.29 is 30.0 Å². The Morgan fingerprint density at radius 1 is 0.774 bits per heavy atom. The lowest BCUT2D eigenvalue weighted by atomic mass is 10.2. The molecule has 7 heteroatoms. The number of benzene rings is 2. The van der Waals surface area contributed by atoms with Crippen molar-refractivity contribution in [3.63, 3.8) is 0 Å². The number of carbonyl (C=O) groups is 3. The number of rotatable bonds is 10. The molecule has 7 nitrogen and oxygen atoms in total. The lowest BCUT2D eigenvalue weighted by Gasteiger charge is -2.08. The molecule has 0 fully saturated rings. The number of amides is 1. The van der Waals surface area contributed by atoms with Gasteiger partial charge in [0.2, 0.25) is 0 Å². The molecule has 0 saturated carbocycles. The van der Waals surface area contributed by atoms with E-state index in [2.05, 4.69) is 19.2 Å². The second kappa shape index (κ2) is 16.4. The number of ether oxygens (including phenoxy) is 3. The molecule has 2 rings (SSSR count). The Morgan fingerprint density at radius 3 is 1.84 bits per heavy atom. The molecule has 0 aliphatic heterocycles. The third-order valence-electron chi connectivity index (χ3n) is 3.62. The van der Waals surface area contributed by atoms with Gasteiger partial charge in [-0.2, -0.15) is 0 Å². The van der Waals surface area contributed by atoms with Crippen LogP contribution in [0.15, 0.2) is 60.7 Å². The van der Waals surface area contributed by atoms with Crippen LogP contribution in [0, 0.1) is 0 Å². The average Bonchev–Trinajstić information content (AvgIpc) is 2.79. The van der Waals surface area contributed by atoms with Crippen molar-refractivity contribution in [1.29, 1.82) is 0 Å². The molecule has 0 unspecified atom stereocenters. The van der Waals surface area contributed by atoms with Gasteiger partial charge in [-0.1, -0.05) is 80.9 Å². The normalized spacial score (nSPS) is 9.61. The molecular weight excluding hydrogens is 398 g/mol. The average molecular weight is 432 g/mol. The van der Waals surface area contributed by atoms with Gasteiger partial charge in [-0.05, 0) is 17.5 Å². The molecule has 170 valence electrons. The van der Waals surface area contributed by atoms with Crippen molar-refractivity contribution in [2.24, 2.45) is 0 Å². The molecule has 0 aliphatic carbocycles. The Morgan fingerprint density at radius 2 is 1.29 bits per heavy atom. The summed E-state index contributed by atoms with van der Waals surface area (Å²) in [7, 11) is 0. The van der Waals surface area contributed by atoms with Crippen molar-refractivity contribution in [2.75, 3.05) is 13.2 Å². The third-order valence-corrected chi connectivity index (χ3v) is 3.62. The van der Waals surface area contributed by atoms with E-state index < -0.39 is 12.1 Å². The minimum atomic E-state index is -0.703. The fraction of sp³-hybridized carbons (Fsp3) is 0.375. The van der Waals surface area contributed by atoms with Crippen LogP contribution in [-0.2, 0) is 37.0 Å². The summed E-state index contributed by atoms with van der Waals surface area (Å²) in [6.07, 6.45) is 1.04. The van der Waals surface area contributed by atoms with E-state index in [1.54, 1.807) is 0 Å². The number of nitrogens with one attached hydrogen (secondary N) is 1. The molecule has 2 aromatic rings. The molecule has 31 heavy (non-hydrogen) atoms. The predicted octanol–water partition coefficient (Wildman–Crippen LogP) is 4.64. The molecule has 0 saturated heterocycles. The first kappa shape index (κ1) is 25.7. The Kier molecular flexibility index (Phi) is 13.6. The smallest absolute Gasteiger partial charge is 0.407 e. The maximum absolute atomic E-state index is 11.6. The zero-order valence-corrected chi connectivity index (χ0v) is 18.2. The highest BCUT2D eigenvalue weighted by atomic mass is 16.6. The molecular formula is C24H33NO6. The molecule has 1 N–H and O–H groups in total. The highest BCUT2D eigenvalue weighted by molar-refractivity contribution is 5.77. The largest absolute Gasteiger partial charge is 0.464 e. The number of hydrogen-bond acceptors (Lipinski definition) is 6. The first-order valence-corrected chi connectivity index (χ1v) is 10.3. The minimum Gasteiger partial charge on any atom is -0.464 e. The lowest BCUT2D eigenvalue weighted by molar-refractivity contribution is -0.147. The zero-order valence-electron chi connectivity index (χ0n) is 18.2. The van der Waals surface area contributed by atoms with Crippen LogP contribution in [0.25, 0.3) is 0 Å². The number of alkyl carbamates (subject to hydrolysis) is 1. The van der Waals surface area contributed by atoms with Gasteiger partial charge >= 0.3 is 18.0 Å². The molecule has 1 amide bonds. The molecule has 0 aliphatic rings. The van der Waals surface area contributed by atoms with Gasteiger partial charge in [0.05, 0.1) is 6.61 Å². The monoisotopic (exact) mass is 431 g/mol. The molecule has 0 bridgehead atoms. The summed E-state index contributed by atoms with van der Waals surface area (Å²) in [4.78, 5) is 34.7. The van der Waals surface area contributed by atoms with Crippen molar-refractivity contribution >= 4 is 18.0 Å². The van der Waals surface area contributed by atoms with Gasteiger partial charge in [-0.15, -0.1) is 0 Å². The summed E-state index contributed by atoms with van der Waals surface area (Å²) in [5.74, 6) is -0.961. The van der Waals surface area contributed by atoms with Crippen LogP contribution in [0.1, 0.15) is 45.7 Å². The van der Waals surface area contributed by atoms with E-state index in [-0.39, 0.29) is 40.2 Å². The van der Waals surface area contributed by atoms with Crippen LogP contribution in [0.5, 0.6) is 0 Å². The standard InChI is InChI=1S/C21H23NO6.C3H8.H2/c23-19(27-15-17-8-3-1-4-9-17)12-7-13-26-20(24)14-22-21(25)28-16-18-10-5-2-6-11-18;1-3-2;/h1-6,8-11H,7,12-16H2,(H,22,25);3H2,1-2H3;1H.